The van der Waals surface area contributed by atoms with Crippen molar-refractivity contribution in [3.05, 3.63) is 114 Å². The summed E-state index contributed by atoms with van der Waals surface area (Å²) < 4.78 is 5.20. The maximum Gasteiger partial charge on any atom is 0.163 e. The number of fused-ring (bicyclic) bond motifs is 1. The van der Waals surface area contributed by atoms with Gasteiger partial charge in [0.05, 0.1) is 19.1 Å². The average Bonchev–Trinajstić information content (AvgIpc) is 2.84. The SMILES string of the molecule is COc1ccc(C(=O)C[C@@H](c2ccccc2)[C@H](C#N)c2cccc3ccccc23)cc1. The smallest absolute Gasteiger partial charge is 0.163 e. The third kappa shape index (κ3) is 4.34. The van der Waals surface area contributed by atoms with E-state index >= 15 is 0 Å². The Morgan fingerprint density at radius 1 is 0.871 bits per heavy atom. The molecule has 0 fully saturated rings. The Hall–Kier alpha value is -3.90. The number of carbonyl (C=O) groups excluding carboxylic acids is 1. The van der Waals surface area contributed by atoms with Crippen molar-refractivity contribution in [1.82, 2.24) is 0 Å². The zero-order chi connectivity index (χ0) is 21.6. The Morgan fingerprint density at radius 3 is 2.26 bits per heavy atom. The molecule has 3 heteroatoms. The number of carbonyl (C=O) groups is 1. The van der Waals surface area contributed by atoms with Crippen LogP contribution < -0.4 is 4.74 Å². The fourth-order valence-corrected chi connectivity index (χ4v) is 4.12. The van der Waals surface area contributed by atoms with Gasteiger partial charge < -0.3 is 4.74 Å². The summed E-state index contributed by atoms with van der Waals surface area (Å²) in [5, 5.41) is 12.4. The van der Waals surface area contributed by atoms with Gasteiger partial charge in [0, 0.05) is 17.9 Å². The number of Topliss-reactive ketones (excluding diaryl/α,β-unsaturated/α-hetero) is 1. The molecule has 0 saturated carbocycles. The first-order chi connectivity index (χ1) is 15.2. The van der Waals surface area contributed by atoms with Gasteiger partial charge in [-0.05, 0) is 46.2 Å². The van der Waals surface area contributed by atoms with E-state index in [4.69, 9.17) is 4.74 Å². The lowest BCUT2D eigenvalue weighted by molar-refractivity contribution is 0.0972. The maximum atomic E-state index is 13.2. The molecule has 0 bridgehead atoms. The van der Waals surface area contributed by atoms with Gasteiger partial charge >= 0.3 is 0 Å². The summed E-state index contributed by atoms with van der Waals surface area (Å²) in [6.45, 7) is 0. The van der Waals surface area contributed by atoms with E-state index in [1.165, 1.54) is 0 Å². The van der Waals surface area contributed by atoms with Crippen LogP contribution in [0.5, 0.6) is 5.75 Å². The second-order valence-corrected chi connectivity index (χ2v) is 7.55. The lowest BCUT2D eigenvalue weighted by atomic mass is 9.77. The molecule has 152 valence electrons. The van der Waals surface area contributed by atoms with Crippen LogP contribution in [0.2, 0.25) is 0 Å². The minimum atomic E-state index is -0.448. The van der Waals surface area contributed by atoms with E-state index < -0.39 is 5.92 Å². The van der Waals surface area contributed by atoms with Crippen LogP contribution in [0.4, 0.5) is 0 Å². The molecule has 0 spiro atoms. The first-order valence-electron chi connectivity index (χ1n) is 10.3. The topological polar surface area (TPSA) is 50.1 Å². The predicted octanol–water partition coefficient (Wildman–Crippen LogP) is 6.51. The van der Waals surface area contributed by atoms with Gasteiger partial charge in [0.15, 0.2) is 5.78 Å². The van der Waals surface area contributed by atoms with Crippen molar-refractivity contribution in [2.75, 3.05) is 7.11 Å². The highest BCUT2D eigenvalue weighted by Gasteiger charge is 2.28. The normalized spacial score (nSPS) is 12.6. The molecule has 4 rings (SSSR count). The summed E-state index contributed by atoms with van der Waals surface area (Å²) in [5.41, 5.74) is 2.57. The van der Waals surface area contributed by atoms with Gasteiger partial charge in [-0.3, -0.25) is 4.79 Å². The predicted molar refractivity (Wildman–Crippen MR) is 123 cm³/mol. The van der Waals surface area contributed by atoms with Crippen molar-refractivity contribution in [2.45, 2.75) is 18.3 Å². The molecule has 0 amide bonds. The zero-order valence-electron chi connectivity index (χ0n) is 17.4. The number of nitrogens with zero attached hydrogens (tertiary/aromatic N) is 1. The van der Waals surface area contributed by atoms with Crippen LogP contribution in [0.15, 0.2) is 97.1 Å². The van der Waals surface area contributed by atoms with Crippen LogP contribution in [0.1, 0.15) is 39.7 Å². The summed E-state index contributed by atoms with van der Waals surface area (Å²) in [6, 6.07) is 33.6. The van der Waals surface area contributed by atoms with E-state index in [1.807, 2.05) is 72.8 Å². The summed E-state index contributed by atoms with van der Waals surface area (Å²) in [6.07, 6.45) is 0.248. The molecule has 0 unspecified atom stereocenters. The molecule has 2 atom stereocenters. The third-order valence-electron chi connectivity index (χ3n) is 5.74. The Kier molecular flexibility index (Phi) is 6.10. The van der Waals surface area contributed by atoms with Crippen molar-refractivity contribution in [3.8, 4) is 11.8 Å². The molecular formula is C28H23NO2. The first-order valence-corrected chi connectivity index (χ1v) is 10.3. The molecule has 4 aromatic carbocycles. The average molecular weight is 405 g/mol. The Balaban J connectivity index is 1.75. The van der Waals surface area contributed by atoms with E-state index in [0.29, 0.717) is 11.3 Å². The molecule has 0 N–H and O–H groups in total. The number of ether oxygens (including phenoxy) is 1. The molecule has 0 aromatic heterocycles. The highest BCUT2D eigenvalue weighted by molar-refractivity contribution is 5.97. The standard InChI is InChI=1S/C28H23NO2/c1-31-23-16-14-22(15-17-23)28(30)18-26(21-8-3-2-4-9-21)27(19-29)25-13-7-11-20-10-5-6-12-24(20)25/h2-17,26-27H,18H2,1H3/t26-,27+/m0/s1. The van der Waals surface area contributed by atoms with Crippen molar-refractivity contribution in [3.63, 3.8) is 0 Å². The zero-order valence-corrected chi connectivity index (χ0v) is 17.4. The summed E-state index contributed by atoms with van der Waals surface area (Å²) >= 11 is 0. The van der Waals surface area contributed by atoms with Gasteiger partial charge in [0.25, 0.3) is 0 Å². The molecule has 0 aliphatic rings. The van der Waals surface area contributed by atoms with E-state index in [-0.39, 0.29) is 18.1 Å². The van der Waals surface area contributed by atoms with Crippen LogP contribution in [0.25, 0.3) is 10.8 Å². The van der Waals surface area contributed by atoms with Crippen LogP contribution >= 0.6 is 0 Å². The van der Waals surface area contributed by atoms with E-state index in [0.717, 1.165) is 21.9 Å². The van der Waals surface area contributed by atoms with E-state index in [9.17, 15) is 10.1 Å². The minimum Gasteiger partial charge on any atom is -0.497 e. The van der Waals surface area contributed by atoms with Gasteiger partial charge in [-0.1, -0.05) is 72.8 Å². The van der Waals surface area contributed by atoms with Crippen LogP contribution in [0.3, 0.4) is 0 Å². The van der Waals surface area contributed by atoms with Gasteiger partial charge in [0.1, 0.15) is 5.75 Å². The van der Waals surface area contributed by atoms with Crippen molar-refractivity contribution < 1.29 is 9.53 Å². The Bertz CT molecular complexity index is 1220. The largest absolute Gasteiger partial charge is 0.497 e. The summed E-state index contributed by atoms with van der Waals surface area (Å²) in [4.78, 5) is 13.2. The number of hydrogen-bond acceptors (Lipinski definition) is 3. The summed E-state index contributed by atoms with van der Waals surface area (Å²) in [5.74, 6) is 0.0149. The van der Waals surface area contributed by atoms with Gasteiger partial charge in [-0.2, -0.15) is 5.26 Å². The van der Waals surface area contributed by atoms with Crippen molar-refractivity contribution >= 4 is 16.6 Å². The lowest BCUT2D eigenvalue weighted by Gasteiger charge is -2.24. The van der Waals surface area contributed by atoms with Crippen LogP contribution in [-0.2, 0) is 0 Å². The molecule has 0 aliphatic carbocycles. The molecule has 3 nitrogen and oxygen atoms in total. The van der Waals surface area contributed by atoms with Gasteiger partial charge in [-0.15, -0.1) is 0 Å². The first kappa shape index (κ1) is 20.4. The number of rotatable bonds is 7. The fraction of sp³-hybridized carbons (Fsp3) is 0.143. The van der Waals surface area contributed by atoms with Crippen LogP contribution in [-0.4, -0.2) is 12.9 Å². The number of methoxy groups -OCH3 is 1. The van der Waals surface area contributed by atoms with Crippen molar-refractivity contribution in [1.29, 1.82) is 5.26 Å². The van der Waals surface area contributed by atoms with Gasteiger partial charge in [0.2, 0.25) is 0 Å². The van der Waals surface area contributed by atoms with Crippen LogP contribution in [0, 0.1) is 11.3 Å². The Labute approximate surface area is 182 Å². The van der Waals surface area contributed by atoms with E-state index in [1.54, 1.807) is 31.4 Å². The maximum absolute atomic E-state index is 13.2. The molecule has 0 saturated heterocycles. The lowest BCUT2D eigenvalue weighted by Crippen LogP contribution is -2.15. The molecule has 0 heterocycles. The quantitative estimate of drug-likeness (QED) is 0.329. The molecule has 31 heavy (non-hydrogen) atoms. The molecule has 0 aliphatic heterocycles. The van der Waals surface area contributed by atoms with E-state index in [2.05, 4.69) is 6.07 Å². The van der Waals surface area contributed by atoms with Gasteiger partial charge in [-0.25, -0.2) is 0 Å². The second-order valence-electron chi connectivity index (χ2n) is 7.55. The number of hydrogen-bond donors (Lipinski definition) is 0. The number of benzene rings is 4. The number of nitriles is 1. The minimum absolute atomic E-state index is 0.0111. The molecule has 0 radical (unpaired) electrons. The molecular weight excluding hydrogens is 382 g/mol. The van der Waals surface area contributed by atoms with Crippen molar-refractivity contribution in [2.24, 2.45) is 0 Å². The molecule has 4 aromatic rings. The second kappa shape index (κ2) is 9.28. The highest BCUT2D eigenvalue weighted by Crippen LogP contribution is 2.39. The third-order valence-corrected chi connectivity index (χ3v) is 5.74. The monoisotopic (exact) mass is 405 g/mol. The number of ketones is 1. The fourth-order valence-electron chi connectivity index (χ4n) is 4.12. The summed E-state index contributed by atoms with van der Waals surface area (Å²) in [7, 11) is 1.60. The highest BCUT2D eigenvalue weighted by atomic mass is 16.5. The Morgan fingerprint density at radius 2 is 1.55 bits per heavy atom.